The molecule has 0 bridgehead atoms. The summed E-state index contributed by atoms with van der Waals surface area (Å²) < 4.78 is 5.58. The van der Waals surface area contributed by atoms with Crippen molar-refractivity contribution in [2.45, 2.75) is 19.4 Å². The van der Waals surface area contributed by atoms with Gasteiger partial charge >= 0.3 is 5.97 Å². The van der Waals surface area contributed by atoms with Crippen molar-refractivity contribution in [3.8, 4) is 5.75 Å². The molecule has 1 heterocycles. The molecule has 0 saturated carbocycles. The van der Waals surface area contributed by atoms with Crippen molar-refractivity contribution < 1.29 is 34.7 Å². The van der Waals surface area contributed by atoms with Crippen LogP contribution in [0.5, 0.6) is 5.75 Å². The Labute approximate surface area is 144 Å². The first-order valence-electron chi connectivity index (χ1n) is 7.27. The number of fused-ring (bicyclic) bond motifs is 1. The normalized spacial score (nSPS) is 15.7. The first-order valence-corrected chi connectivity index (χ1v) is 7.65. The van der Waals surface area contributed by atoms with Crippen LogP contribution in [0.15, 0.2) is 18.2 Å². The predicted molar refractivity (Wildman–Crippen MR) is 83.9 cm³/mol. The van der Waals surface area contributed by atoms with E-state index in [1.807, 2.05) is 13.1 Å². The van der Waals surface area contributed by atoms with Crippen LogP contribution < -0.4 is 20.1 Å². The number of aliphatic carboxylic acids is 2. The Morgan fingerprint density at radius 1 is 1.46 bits per heavy atom. The molecule has 1 unspecified atom stereocenters. The summed E-state index contributed by atoms with van der Waals surface area (Å²) in [4.78, 5) is 31.9. The number of hydrogen-bond donors (Lipinski definition) is 2. The number of ether oxygens (including phenoxy) is 1. The highest BCUT2D eigenvalue weighted by molar-refractivity contribution is 6.31. The molecule has 0 radical (unpaired) electrons. The highest BCUT2D eigenvalue weighted by Crippen LogP contribution is 2.36. The van der Waals surface area contributed by atoms with Gasteiger partial charge in [-0.25, -0.2) is 4.79 Å². The molecule has 24 heavy (non-hydrogen) atoms. The van der Waals surface area contributed by atoms with E-state index in [2.05, 4.69) is 5.32 Å². The van der Waals surface area contributed by atoms with Gasteiger partial charge < -0.3 is 30.0 Å². The van der Waals surface area contributed by atoms with Gasteiger partial charge in [0, 0.05) is 18.0 Å². The zero-order chi connectivity index (χ0) is 18.3. The molecule has 1 aromatic carbocycles. The summed E-state index contributed by atoms with van der Waals surface area (Å²) in [5.74, 6) is -3.28. The number of carboxylic acid groups (broad SMARTS) is 2. The van der Waals surface area contributed by atoms with Crippen LogP contribution in [0.4, 0.5) is 5.69 Å². The van der Waals surface area contributed by atoms with Gasteiger partial charge in [0.1, 0.15) is 5.75 Å². The fraction of sp³-hybridized carbons (Fsp3) is 0.400. The van der Waals surface area contributed by atoms with Gasteiger partial charge in [0.25, 0.3) is 5.91 Å². The first-order chi connectivity index (χ1) is 11.3. The molecular formula is C15H19ClN2O6. The molecule has 1 aliphatic heterocycles. The van der Waals surface area contributed by atoms with Gasteiger partial charge in [-0.05, 0) is 25.1 Å². The van der Waals surface area contributed by atoms with Crippen LogP contribution >= 0.6 is 11.6 Å². The van der Waals surface area contributed by atoms with Crippen LogP contribution in [0.1, 0.15) is 13.3 Å². The monoisotopic (exact) mass is 358 g/mol. The molecule has 3 N–H and O–H groups in total. The summed E-state index contributed by atoms with van der Waals surface area (Å²) in [6.45, 7) is 3.47. The van der Waals surface area contributed by atoms with Gasteiger partial charge in [0.15, 0.2) is 12.1 Å². The highest BCUT2D eigenvalue weighted by atomic mass is 35.5. The lowest BCUT2D eigenvalue weighted by atomic mass is 10.1. The zero-order valence-corrected chi connectivity index (χ0v) is 14.1. The number of carbonyl (C=O) groups is 3. The van der Waals surface area contributed by atoms with Gasteiger partial charge in [-0.1, -0.05) is 11.6 Å². The lowest BCUT2D eigenvalue weighted by molar-refractivity contribution is -0.626. The van der Waals surface area contributed by atoms with Crippen molar-refractivity contribution in [1.82, 2.24) is 0 Å². The molecule has 9 heteroatoms. The van der Waals surface area contributed by atoms with Crippen molar-refractivity contribution in [3.05, 3.63) is 23.2 Å². The maximum Gasteiger partial charge on any atom is 0.351 e. The number of quaternary nitrogens is 1. The van der Waals surface area contributed by atoms with E-state index in [1.165, 1.54) is 0 Å². The van der Waals surface area contributed by atoms with Crippen LogP contribution in [0.3, 0.4) is 0 Å². The van der Waals surface area contributed by atoms with Crippen molar-refractivity contribution in [3.63, 3.8) is 0 Å². The van der Waals surface area contributed by atoms with Gasteiger partial charge in [0.05, 0.1) is 19.3 Å². The second-order valence-corrected chi connectivity index (χ2v) is 5.44. The zero-order valence-electron chi connectivity index (χ0n) is 13.3. The van der Waals surface area contributed by atoms with E-state index in [1.54, 1.807) is 24.0 Å². The smallest absolute Gasteiger partial charge is 0.351 e. The van der Waals surface area contributed by atoms with E-state index in [0.717, 1.165) is 24.4 Å². The summed E-state index contributed by atoms with van der Waals surface area (Å²) >= 11 is 5.99. The van der Waals surface area contributed by atoms with Gasteiger partial charge in [0.2, 0.25) is 0 Å². The first kappa shape index (κ1) is 19.7. The third kappa shape index (κ3) is 5.39. The molecule has 0 aromatic heterocycles. The second-order valence-electron chi connectivity index (χ2n) is 5.01. The number of rotatable bonds is 4. The Balaban J connectivity index is 0.000000413. The molecule has 1 aromatic rings. The number of anilines is 1. The largest absolute Gasteiger partial charge is 0.539 e. The average molecular weight is 359 g/mol. The molecular weight excluding hydrogens is 340 g/mol. The van der Waals surface area contributed by atoms with E-state index in [-0.39, 0.29) is 5.91 Å². The molecule has 2 rings (SSSR count). The van der Waals surface area contributed by atoms with Crippen LogP contribution in [0.2, 0.25) is 5.02 Å². The second kappa shape index (κ2) is 9.09. The van der Waals surface area contributed by atoms with E-state index in [9.17, 15) is 4.79 Å². The van der Waals surface area contributed by atoms with Crippen molar-refractivity contribution in [2.75, 3.05) is 25.0 Å². The summed E-state index contributed by atoms with van der Waals surface area (Å²) in [5, 5.41) is 19.0. The van der Waals surface area contributed by atoms with Crippen molar-refractivity contribution in [2.24, 2.45) is 0 Å². The Morgan fingerprint density at radius 3 is 2.62 bits per heavy atom. The van der Waals surface area contributed by atoms with Gasteiger partial charge in [-0.3, -0.25) is 4.79 Å². The van der Waals surface area contributed by atoms with E-state index >= 15 is 0 Å². The average Bonchev–Trinajstić information content (AvgIpc) is 2.52. The molecule has 0 spiro atoms. The van der Waals surface area contributed by atoms with Crippen molar-refractivity contribution >= 4 is 35.1 Å². The number of nitrogens with two attached hydrogens (primary N) is 1. The van der Waals surface area contributed by atoms with Gasteiger partial charge in [-0.2, -0.15) is 0 Å². The Hall–Kier alpha value is -2.32. The fourth-order valence-corrected chi connectivity index (χ4v) is 2.23. The highest BCUT2D eigenvalue weighted by Gasteiger charge is 2.31. The number of benzene rings is 1. The standard InChI is InChI=1S/C13H17ClN2O2.C2H2O4/c1-9-13(17)16(7-3-6-15-2)11-8-10(14)4-5-12(11)18-9;3-1(4)2(5)6/h4-5,8-9,15H,3,6-7H2,1-2H3;(H,3,4)(H,5,6). The van der Waals surface area contributed by atoms with E-state index in [4.69, 9.17) is 36.1 Å². The molecule has 0 aliphatic carbocycles. The molecule has 0 saturated heterocycles. The minimum Gasteiger partial charge on any atom is -0.539 e. The lowest BCUT2D eigenvalue weighted by Gasteiger charge is -2.33. The maximum absolute atomic E-state index is 12.1. The van der Waals surface area contributed by atoms with Crippen LogP contribution in [-0.2, 0) is 14.4 Å². The minimum atomic E-state index is -2.07. The maximum atomic E-state index is 12.1. The SMILES string of the molecule is C[NH2+]CCCN1C(=O)C(C)Oc2ccc(Cl)cc21.O=C([O-])C(=O)O. The number of carboxylic acids is 2. The number of hydrogen-bond acceptors (Lipinski definition) is 5. The Bertz CT molecular complexity index is 610. The van der Waals surface area contributed by atoms with E-state index < -0.39 is 18.0 Å². The topological polar surface area (TPSA) is 124 Å². The lowest BCUT2D eigenvalue weighted by Crippen LogP contribution is -2.79. The number of amides is 1. The van der Waals surface area contributed by atoms with Crippen LogP contribution in [-0.4, -0.2) is 49.2 Å². The summed E-state index contributed by atoms with van der Waals surface area (Å²) in [7, 11) is 2.02. The third-order valence-corrected chi connectivity index (χ3v) is 3.41. The summed E-state index contributed by atoms with van der Waals surface area (Å²) in [6, 6.07) is 5.39. The van der Waals surface area contributed by atoms with E-state index in [0.29, 0.717) is 11.6 Å². The number of nitrogens with zero attached hydrogens (tertiary/aromatic N) is 1. The summed E-state index contributed by atoms with van der Waals surface area (Å²) in [5.41, 5.74) is 0.779. The number of carbonyl (C=O) groups excluding carboxylic acids is 2. The van der Waals surface area contributed by atoms with Crippen LogP contribution in [0.25, 0.3) is 0 Å². The quantitative estimate of drug-likeness (QED) is 0.518. The van der Waals surface area contributed by atoms with Crippen molar-refractivity contribution in [1.29, 1.82) is 0 Å². The van der Waals surface area contributed by atoms with Crippen LogP contribution in [0, 0.1) is 0 Å². The minimum absolute atomic E-state index is 0.000805. The third-order valence-electron chi connectivity index (χ3n) is 3.18. The Kier molecular flexibility index (Phi) is 7.47. The number of halogens is 1. The molecule has 1 atom stereocenters. The molecule has 8 nitrogen and oxygen atoms in total. The van der Waals surface area contributed by atoms with Gasteiger partial charge in [-0.15, -0.1) is 0 Å². The fourth-order valence-electron chi connectivity index (χ4n) is 2.06. The molecule has 1 aliphatic rings. The molecule has 132 valence electrons. The Morgan fingerprint density at radius 2 is 2.08 bits per heavy atom. The summed E-state index contributed by atoms with van der Waals surface area (Å²) in [6.07, 6.45) is 0.519. The predicted octanol–water partition coefficient (Wildman–Crippen LogP) is -1.14. The molecule has 1 amide bonds. The molecule has 0 fully saturated rings.